The molecular weight excluding hydrogens is 318 g/mol. The molecule has 0 fully saturated rings. The number of carboxylic acids is 1. The Morgan fingerprint density at radius 3 is 2.80 bits per heavy atom. The molecule has 0 bridgehead atoms. The molecule has 0 saturated heterocycles. The van der Waals surface area contributed by atoms with Gasteiger partial charge in [-0.05, 0) is 24.3 Å². The predicted molar refractivity (Wildman–Crippen MR) is 90.5 cm³/mol. The van der Waals surface area contributed by atoms with Gasteiger partial charge in [-0.3, -0.25) is 9.98 Å². The summed E-state index contributed by atoms with van der Waals surface area (Å²) < 4.78 is 1.51. The van der Waals surface area contributed by atoms with E-state index < -0.39 is 5.97 Å². The Balaban J connectivity index is 2.17. The number of fused-ring (bicyclic) bond motifs is 3. The van der Waals surface area contributed by atoms with E-state index in [4.69, 9.17) is 5.41 Å². The van der Waals surface area contributed by atoms with Crippen molar-refractivity contribution in [2.75, 3.05) is 0 Å². The van der Waals surface area contributed by atoms with Gasteiger partial charge in [0.2, 0.25) is 0 Å². The van der Waals surface area contributed by atoms with Crippen LogP contribution in [-0.4, -0.2) is 25.6 Å². The number of H-pyrrole nitrogens is 1. The predicted octanol–water partition coefficient (Wildman–Crippen LogP) is 2.56. The van der Waals surface area contributed by atoms with Gasteiger partial charge in [0.15, 0.2) is 11.2 Å². The van der Waals surface area contributed by atoms with Crippen molar-refractivity contribution in [2.45, 2.75) is 0 Å². The molecule has 2 heterocycles. The number of para-hydroxylation sites is 1. The fourth-order valence-corrected chi connectivity index (χ4v) is 2.88. The maximum absolute atomic E-state index is 11.3. The number of hydrogen-bond acceptors (Lipinski definition) is 4. The molecule has 0 spiro atoms. The minimum absolute atomic E-state index is 0.0296. The third-order valence-corrected chi connectivity index (χ3v) is 4.01. The van der Waals surface area contributed by atoms with Gasteiger partial charge in [0.1, 0.15) is 17.2 Å². The van der Waals surface area contributed by atoms with Crippen LogP contribution in [0.3, 0.4) is 0 Å². The van der Waals surface area contributed by atoms with Crippen LogP contribution in [0.5, 0.6) is 0 Å². The molecule has 7 heteroatoms. The van der Waals surface area contributed by atoms with Crippen molar-refractivity contribution < 1.29 is 9.90 Å². The van der Waals surface area contributed by atoms with Gasteiger partial charge in [-0.15, -0.1) is 0 Å². The normalized spacial score (nSPS) is 10.8. The summed E-state index contributed by atoms with van der Waals surface area (Å²) in [6.07, 6.45) is 0. The van der Waals surface area contributed by atoms with Crippen LogP contribution in [0, 0.1) is 16.7 Å². The first-order chi connectivity index (χ1) is 12.1. The van der Waals surface area contributed by atoms with Gasteiger partial charge in [0, 0.05) is 10.9 Å². The first kappa shape index (κ1) is 14.7. The summed E-state index contributed by atoms with van der Waals surface area (Å²) in [6, 6.07) is 15.7. The van der Waals surface area contributed by atoms with Gasteiger partial charge < -0.3 is 10.1 Å². The summed E-state index contributed by atoms with van der Waals surface area (Å²) in [4.78, 5) is 18.8. The number of carboxylic acid groups (broad SMARTS) is 1. The van der Waals surface area contributed by atoms with Crippen molar-refractivity contribution in [1.29, 1.82) is 10.7 Å². The van der Waals surface area contributed by atoms with Crippen LogP contribution in [0.4, 0.5) is 0 Å². The lowest BCUT2D eigenvalue weighted by Gasteiger charge is -2.10. The molecule has 4 aromatic rings. The topological polar surface area (TPSA) is 119 Å². The molecule has 0 unspecified atom stereocenters. The Morgan fingerprint density at radius 2 is 2.04 bits per heavy atom. The molecule has 120 valence electrons. The highest BCUT2D eigenvalue weighted by Gasteiger charge is 2.15. The van der Waals surface area contributed by atoms with E-state index in [1.54, 1.807) is 12.1 Å². The SMILES string of the molecule is N#Cc1nc2c3ccccc3[nH]c2n(-c2cccc(C(=O)O)c2)c1=N. The largest absolute Gasteiger partial charge is 0.478 e. The number of aromatic nitrogens is 3. The van der Waals surface area contributed by atoms with Crippen molar-refractivity contribution in [2.24, 2.45) is 0 Å². The molecule has 0 radical (unpaired) electrons. The molecular formula is C18H11N5O2. The van der Waals surface area contributed by atoms with Gasteiger partial charge in [-0.2, -0.15) is 5.26 Å². The number of carbonyl (C=O) groups is 1. The molecule has 0 aliphatic carbocycles. The molecule has 0 aliphatic rings. The summed E-state index contributed by atoms with van der Waals surface area (Å²) >= 11 is 0. The fourth-order valence-electron chi connectivity index (χ4n) is 2.88. The van der Waals surface area contributed by atoms with E-state index in [-0.39, 0.29) is 16.7 Å². The lowest BCUT2D eigenvalue weighted by Crippen LogP contribution is -2.23. The number of nitrogens with one attached hydrogen (secondary N) is 2. The Bertz CT molecular complexity index is 1260. The van der Waals surface area contributed by atoms with Crippen LogP contribution in [0.1, 0.15) is 16.1 Å². The summed E-state index contributed by atoms with van der Waals surface area (Å²) in [5, 5.41) is 27.7. The smallest absolute Gasteiger partial charge is 0.335 e. The molecule has 4 rings (SSSR count). The number of hydrogen-bond donors (Lipinski definition) is 3. The number of nitrogens with zero attached hydrogens (tertiary/aromatic N) is 3. The maximum Gasteiger partial charge on any atom is 0.335 e. The monoisotopic (exact) mass is 329 g/mol. The Labute approximate surface area is 140 Å². The van der Waals surface area contributed by atoms with E-state index in [1.807, 2.05) is 30.3 Å². The van der Waals surface area contributed by atoms with Crippen LogP contribution in [0.15, 0.2) is 48.5 Å². The van der Waals surface area contributed by atoms with Crippen LogP contribution in [-0.2, 0) is 0 Å². The minimum atomic E-state index is -1.06. The fraction of sp³-hybridized carbons (Fsp3) is 0. The molecule has 0 aliphatic heterocycles. The second-order valence-corrected chi connectivity index (χ2v) is 5.48. The number of nitriles is 1. The highest BCUT2D eigenvalue weighted by molar-refractivity contribution is 6.04. The van der Waals surface area contributed by atoms with E-state index in [9.17, 15) is 15.2 Å². The Hall–Kier alpha value is -3.92. The lowest BCUT2D eigenvalue weighted by atomic mass is 10.2. The first-order valence-electron chi connectivity index (χ1n) is 7.42. The maximum atomic E-state index is 11.3. The van der Waals surface area contributed by atoms with Crippen molar-refractivity contribution >= 4 is 28.0 Å². The van der Waals surface area contributed by atoms with Crippen molar-refractivity contribution in [3.63, 3.8) is 0 Å². The average molecular weight is 329 g/mol. The van der Waals surface area contributed by atoms with Crippen molar-refractivity contribution in [3.05, 3.63) is 65.3 Å². The van der Waals surface area contributed by atoms with Gasteiger partial charge in [0.25, 0.3) is 0 Å². The zero-order valence-electron chi connectivity index (χ0n) is 12.8. The van der Waals surface area contributed by atoms with E-state index in [2.05, 4.69) is 9.97 Å². The van der Waals surface area contributed by atoms with E-state index in [1.165, 1.54) is 16.7 Å². The van der Waals surface area contributed by atoms with Gasteiger partial charge in [-0.1, -0.05) is 24.3 Å². The summed E-state index contributed by atoms with van der Waals surface area (Å²) in [5.74, 6) is -1.06. The van der Waals surface area contributed by atoms with E-state index in [0.29, 0.717) is 16.9 Å². The number of aromatic amines is 1. The van der Waals surface area contributed by atoms with Crippen molar-refractivity contribution in [3.8, 4) is 11.8 Å². The zero-order valence-corrected chi connectivity index (χ0v) is 12.8. The molecule has 25 heavy (non-hydrogen) atoms. The summed E-state index contributed by atoms with van der Waals surface area (Å²) in [5.41, 5.74) is 2.35. The second kappa shape index (κ2) is 5.32. The molecule has 0 amide bonds. The quantitative estimate of drug-likeness (QED) is 0.523. The summed E-state index contributed by atoms with van der Waals surface area (Å²) in [6.45, 7) is 0. The molecule has 3 N–H and O–H groups in total. The summed E-state index contributed by atoms with van der Waals surface area (Å²) in [7, 11) is 0. The van der Waals surface area contributed by atoms with Gasteiger partial charge in [-0.25, -0.2) is 9.78 Å². The molecule has 2 aromatic heterocycles. The third kappa shape index (κ3) is 2.16. The number of rotatable bonds is 2. The standard InChI is InChI=1S/C18H11N5O2/c19-9-14-16(20)23(11-5-3-4-10(8-11)18(24)25)17-15(21-14)12-6-1-2-7-13(12)22-17/h1-8,20,22H,(H,24,25). The van der Waals surface area contributed by atoms with Crippen LogP contribution >= 0.6 is 0 Å². The van der Waals surface area contributed by atoms with Crippen LogP contribution < -0.4 is 5.49 Å². The first-order valence-corrected chi connectivity index (χ1v) is 7.42. The van der Waals surface area contributed by atoms with E-state index >= 15 is 0 Å². The minimum Gasteiger partial charge on any atom is -0.478 e. The third-order valence-electron chi connectivity index (χ3n) is 4.01. The van der Waals surface area contributed by atoms with Gasteiger partial charge >= 0.3 is 5.97 Å². The zero-order chi connectivity index (χ0) is 17.6. The lowest BCUT2D eigenvalue weighted by molar-refractivity contribution is 0.0697. The number of benzene rings is 2. The molecule has 7 nitrogen and oxygen atoms in total. The van der Waals surface area contributed by atoms with Crippen LogP contribution in [0.25, 0.3) is 27.8 Å². The highest BCUT2D eigenvalue weighted by Crippen LogP contribution is 2.24. The Kier molecular flexibility index (Phi) is 3.12. The van der Waals surface area contributed by atoms with Gasteiger partial charge in [0.05, 0.1) is 11.3 Å². The molecule has 2 aromatic carbocycles. The molecule has 0 saturated carbocycles. The average Bonchev–Trinajstić information content (AvgIpc) is 2.99. The van der Waals surface area contributed by atoms with Crippen LogP contribution in [0.2, 0.25) is 0 Å². The number of aromatic carboxylic acids is 1. The van der Waals surface area contributed by atoms with Crippen molar-refractivity contribution in [1.82, 2.24) is 14.5 Å². The van der Waals surface area contributed by atoms with E-state index in [0.717, 1.165) is 10.9 Å². The second-order valence-electron chi connectivity index (χ2n) is 5.48. The highest BCUT2D eigenvalue weighted by atomic mass is 16.4. The Morgan fingerprint density at radius 1 is 1.24 bits per heavy atom. The molecule has 0 atom stereocenters.